The van der Waals surface area contributed by atoms with E-state index in [1.165, 1.54) is 49.7 Å². The third-order valence-electron chi connectivity index (χ3n) is 12.3. The Morgan fingerprint density at radius 1 is 0.500 bits per heavy atom. The van der Waals surface area contributed by atoms with Gasteiger partial charge in [-0.15, -0.1) is 0 Å². The van der Waals surface area contributed by atoms with Gasteiger partial charge in [-0.1, -0.05) is 158 Å². The van der Waals surface area contributed by atoms with Gasteiger partial charge in [0.1, 0.15) is 23.5 Å². The van der Waals surface area contributed by atoms with Gasteiger partial charge in [-0.3, -0.25) is 0 Å². The van der Waals surface area contributed by atoms with Crippen LogP contribution in [-0.2, 0) is 5.41 Å². The lowest BCUT2D eigenvalue weighted by Gasteiger charge is -2.45. The molecule has 58 heavy (non-hydrogen) atoms. The number of para-hydroxylation sites is 4. The number of aliphatic imine (C=N–C) groups is 2. The van der Waals surface area contributed by atoms with E-state index in [2.05, 4.69) is 192 Å². The molecule has 2 unspecified atom stereocenters. The standard InChI is InChI=1S/C53H36N4O/c1-56-51(37-29-27-35(28-30-37)34-15-4-2-5-16-34)54-50(36-17-6-3-7-18-36)55-52(56)38-31-32-48-44(33-38)53(42-22-10-13-26-47(42)58-48)41-21-9-12-25-46(41)57-45-24-11-8-19-39(45)40-20-14-23-43(53)49(40)57/h2-33,51H,1H3. The first-order chi connectivity index (χ1) is 28.7. The highest BCUT2D eigenvalue weighted by Gasteiger charge is 2.50. The number of nitrogens with zero attached hydrogens (tertiary/aromatic N) is 4. The van der Waals surface area contributed by atoms with E-state index in [4.69, 9.17) is 14.7 Å². The van der Waals surface area contributed by atoms with Crippen LogP contribution in [0, 0.1) is 0 Å². The van der Waals surface area contributed by atoms with Crippen LogP contribution in [0.15, 0.2) is 204 Å². The zero-order chi connectivity index (χ0) is 38.4. The van der Waals surface area contributed by atoms with Gasteiger partial charge < -0.3 is 14.2 Å². The highest BCUT2D eigenvalue weighted by Crippen LogP contribution is 2.60. The van der Waals surface area contributed by atoms with Gasteiger partial charge >= 0.3 is 0 Å². The fraction of sp³-hybridized carbons (Fsp3) is 0.0566. The summed E-state index contributed by atoms with van der Waals surface area (Å²) in [7, 11) is 2.11. The smallest absolute Gasteiger partial charge is 0.159 e. The average Bonchev–Trinajstić information content (AvgIpc) is 3.64. The van der Waals surface area contributed by atoms with E-state index in [0.717, 1.165) is 45.2 Å². The third-order valence-corrected chi connectivity index (χ3v) is 12.3. The van der Waals surface area contributed by atoms with Crippen molar-refractivity contribution in [3.05, 3.63) is 233 Å². The van der Waals surface area contributed by atoms with Crippen molar-refractivity contribution in [3.63, 3.8) is 0 Å². The van der Waals surface area contributed by atoms with Gasteiger partial charge in [0, 0.05) is 40.1 Å². The van der Waals surface area contributed by atoms with Crippen molar-refractivity contribution in [2.75, 3.05) is 7.05 Å². The minimum absolute atomic E-state index is 0.297. The van der Waals surface area contributed by atoms with Crippen molar-refractivity contribution >= 4 is 33.5 Å². The molecule has 1 aromatic heterocycles. The van der Waals surface area contributed by atoms with E-state index in [1.807, 2.05) is 18.2 Å². The zero-order valence-corrected chi connectivity index (χ0v) is 31.7. The average molecular weight is 745 g/mol. The molecular weight excluding hydrogens is 709 g/mol. The van der Waals surface area contributed by atoms with Crippen LogP contribution in [0.2, 0.25) is 0 Å². The molecular formula is C53H36N4O. The molecule has 0 N–H and O–H groups in total. The second-order valence-corrected chi connectivity index (χ2v) is 15.4. The van der Waals surface area contributed by atoms with Crippen molar-refractivity contribution in [1.29, 1.82) is 0 Å². The fourth-order valence-electron chi connectivity index (χ4n) is 9.76. The first kappa shape index (κ1) is 32.7. The highest BCUT2D eigenvalue weighted by molar-refractivity contribution is 6.14. The molecule has 274 valence electrons. The molecule has 2 atom stereocenters. The van der Waals surface area contributed by atoms with E-state index >= 15 is 0 Å². The lowest BCUT2D eigenvalue weighted by atomic mass is 9.61. The van der Waals surface area contributed by atoms with Gasteiger partial charge in [0.05, 0.1) is 22.1 Å². The molecule has 0 amide bonds. The molecule has 0 aliphatic carbocycles. The predicted octanol–water partition coefficient (Wildman–Crippen LogP) is 12.1. The summed E-state index contributed by atoms with van der Waals surface area (Å²) in [6.07, 6.45) is -0.297. The molecule has 5 nitrogen and oxygen atoms in total. The Hall–Kier alpha value is -7.50. The van der Waals surface area contributed by atoms with Crippen LogP contribution in [-0.4, -0.2) is 28.2 Å². The summed E-state index contributed by atoms with van der Waals surface area (Å²) in [4.78, 5) is 12.9. The summed E-state index contributed by atoms with van der Waals surface area (Å²) in [5.74, 6) is 3.25. The number of fused-ring (bicyclic) bond motifs is 11. The maximum absolute atomic E-state index is 6.88. The van der Waals surface area contributed by atoms with Crippen LogP contribution < -0.4 is 4.74 Å². The molecule has 1 spiro atoms. The lowest BCUT2D eigenvalue weighted by Crippen LogP contribution is -2.39. The summed E-state index contributed by atoms with van der Waals surface area (Å²) in [6.45, 7) is 0. The Morgan fingerprint density at radius 3 is 1.95 bits per heavy atom. The Kier molecular flexibility index (Phi) is 7.05. The minimum atomic E-state index is -0.683. The molecule has 0 radical (unpaired) electrons. The first-order valence-electron chi connectivity index (χ1n) is 19.8. The monoisotopic (exact) mass is 744 g/mol. The molecule has 0 saturated heterocycles. The molecule has 8 aromatic carbocycles. The van der Waals surface area contributed by atoms with Crippen molar-refractivity contribution in [2.24, 2.45) is 9.98 Å². The number of rotatable bonds is 4. The van der Waals surface area contributed by atoms with Crippen LogP contribution in [0.25, 0.3) is 38.6 Å². The number of amidine groups is 2. The van der Waals surface area contributed by atoms with Gasteiger partial charge in [-0.2, -0.15) is 0 Å². The van der Waals surface area contributed by atoms with Gasteiger partial charge in [0.25, 0.3) is 0 Å². The largest absolute Gasteiger partial charge is 0.457 e. The number of benzene rings is 8. The maximum Gasteiger partial charge on any atom is 0.159 e. The normalized spacial score (nSPS) is 17.6. The second-order valence-electron chi connectivity index (χ2n) is 15.4. The SMILES string of the molecule is CN1C(c2ccc3c(c2)C2(c4ccccc4O3)c3ccccc3-n3c4ccccc4c4cccc2c43)=NC(c2ccccc2)=NC1c1ccc(-c2ccccc2)cc1. The molecule has 3 aliphatic rings. The topological polar surface area (TPSA) is 42.1 Å². The molecule has 9 aromatic rings. The summed E-state index contributed by atoms with van der Waals surface area (Å²) in [6, 6.07) is 69.3. The van der Waals surface area contributed by atoms with Crippen molar-refractivity contribution < 1.29 is 4.74 Å². The van der Waals surface area contributed by atoms with Gasteiger partial charge in [0.2, 0.25) is 0 Å². The Morgan fingerprint density at radius 2 is 1.12 bits per heavy atom. The molecule has 0 saturated carbocycles. The molecule has 4 heterocycles. The maximum atomic E-state index is 6.88. The highest BCUT2D eigenvalue weighted by atomic mass is 16.5. The molecule has 3 aliphatic heterocycles. The van der Waals surface area contributed by atoms with Gasteiger partial charge in [0.15, 0.2) is 5.84 Å². The van der Waals surface area contributed by atoms with Crippen molar-refractivity contribution in [3.8, 4) is 28.3 Å². The molecule has 0 fully saturated rings. The van der Waals surface area contributed by atoms with Crippen molar-refractivity contribution in [1.82, 2.24) is 9.47 Å². The van der Waals surface area contributed by atoms with Gasteiger partial charge in [-0.05, 0) is 64.2 Å². The number of ether oxygens (including phenoxy) is 1. The minimum Gasteiger partial charge on any atom is -0.457 e. The van der Waals surface area contributed by atoms with Crippen LogP contribution in [0.3, 0.4) is 0 Å². The fourth-order valence-corrected chi connectivity index (χ4v) is 9.76. The molecule has 5 heteroatoms. The summed E-state index contributed by atoms with van der Waals surface area (Å²) < 4.78 is 9.35. The van der Waals surface area contributed by atoms with Gasteiger partial charge in [-0.25, -0.2) is 9.98 Å². The number of aromatic nitrogens is 1. The molecule has 12 rings (SSSR count). The number of hydrogen-bond donors (Lipinski definition) is 0. The summed E-state index contributed by atoms with van der Waals surface area (Å²) >= 11 is 0. The van der Waals surface area contributed by atoms with Crippen LogP contribution in [0.4, 0.5) is 0 Å². The summed E-state index contributed by atoms with van der Waals surface area (Å²) in [5.41, 5.74) is 13.0. The molecule has 0 bridgehead atoms. The van der Waals surface area contributed by atoms with Crippen molar-refractivity contribution in [2.45, 2.75) is 11.6 Å². The third kappa shape index (κ3) is 4.58. The lowest BCUT2D eigenvalue weighted by molar-refractivity contribution is 0.382. The Balaban J connectivity index is 1.09. The van der Waals surface area contributed by atoms with E-state index in [1.54, 1.807) is 0 Å². The summed E-state index contributed by atoms with van der Waals surface area (Å²) in [5, 5.41) is 2.49. The second kappa shape index (κ2) is 12.5. The Bertz CT molecular complexity index is 3160. The van der Waals surface area contributed by atoms with E-state index in [9.17, 15) is 0 Å². The van der Waals surface area contributed by atoms with Crippen LogP contribution in [0.1, 0.15) is 45.1 Å². The van der Waals surface area contributed by atoms with Crippen LogP contribution in [0.5, 0.6) is 11.5 Å². The van der Waals surface area contributed by atoms with Crippen LogP contribution >= 0.6 is 0 Å². The predicted molar refractivity (Wildman–Crippen MR) is 235 cm³/mol. The zero-order valence-electron chi connectivity index (χ0n) is 31.7. The Labute approximate surface area is 336 Å². The van der Waals surface area contributed by atoms with E-state index in [0.29, 0.717) is 5.84 Å². The van der Waals surface area contributed by atoms with E-state index in [-0.39, 0.29) is 6.17 Å². The first-order valence-corrected chi connectivity index (χ1v) is 19.8. The quantitative estimate of drug-likeness (QED) is 0.180. The van der Waals surface area contributed by atoms with E-state index < -0.39 is 5.41 Å². The number of hydrogen-bond acceptors (Lipinski definition) is 4.